The van der Waals surface area contributed by atoms with Crippen molar-refractivity contribution in [2.75, 3.05) is 0 Å². The molecule has 0 aliphatic rings. The van der Waals surface area contributed by atoms with Gasteiger partial charge in [0.05, 0.1) is 0 Å². The van der Waals surface area contributed by atoms with Gasteiger partial charge in [-0.25, -0.2) is 0 Å². The Kier molecular flexibility index (Phi) is 3.53. The van der Waals surface area contributed by atoms with Crippen molar-refractivity contribution in [3.8, 4) is 0 Å². The topological polar surface area (TPSA) is 63.1 Å². The molecule has 0 aliphatic heterocycles. The molecule has 0 unspecified atom stereocenters. The average molecular weight is 266 g/mol. The minimum Gasteiger partial charge on any atom is -0.338 e. The second-order valence-electron chi connectivity index (χ2n) is 3.88. The predicted molar refractivity (Wildman–Crippen MR) is 68.9 cm³/mol. The highest BCUT2D eigenvalue weighted by atomic mass is 35.5. The van der Waals surface area contributed by atoms with Crippen molar-refractivity contribution in [1.29, 1.82) is 0 Å². The van der Waals surface area contributed by atoms with Gasteiger partial charge in [0.25, 0.3) is 5.91 Å². The first-order valence-corrected chi connectivity index (χ1v) is 5.74. The molecule has 2 rings (SSSR count). The van der Waals surface area contributed by atoms with E-state index < -0.39 is 0 Å². The van der Waals surface area contributed by atoms with Crippen molar-refractivity contribution in [3.63, 3.8) is 0 Å². The number of hydrazine groups is 1. The van der Waals surface area contributed by atoms with Crippen molar-refractivity contribution >= 4 is 34.3 Å². The second kappa shape index (κ2) is 5.10. The molecule has 0 spiro atoms. The van der Waals surface area contributed by atoms with Gasteiger partial charge in [-0.15, -0.1) is 0 Å². The lowest BCUT2D eigenvalue weighted by Gasteiger charge is -2.07. The molecule has 2 aromatic rings. The zero-order valence-electron chi connectivity index (χ0n) is 9.74. The first kappa shape index (κ1) is 12.4. The third kappa shape index (κ3) is 2.81. The average Bonchev–Trinajstić information content (AvgIpc) is 2.69. The highest BCUT2D eigenvalue weighted by Gasteiger charge is 2.06. The molecule has 0 radical (unpaired) electrons. The van der Waals surface area contributed by atoms with Gasteiger partial charge in [-0.2, -0.15) is 0 Å². The zero-order valence-corrected chi connectivity index (χ0v) is 10.5. The number of nitrogens with one attached hydrogen (secondary N) is 2. The van der Waals surface area contributed by atoms with Crippen LogP contribution in [-0.4, -0.2) is 16.4 Å². The number of aromatic nitrogens is 1. The van der Waals surface area contributed by atoms with Crippen LogP contribution in [0.1, 0.15) is 6.92 Å². The highest BCUT2D eigenvalue weighted by Crippen LogP contribution is 2.20. The van der Waals surface area contributed by atoms with Crippen molar-refractivity contribution in [2.45, 2.75) is 13.5 Å². The SMILES string of the molecule is CC(=O)NNC(=O)Cn1ccc2cc(Cl)ccc21. The van der Waals surface area contributed by atoms with E-state index in [4.69, 9.17) is 11.6 Å². The van der Waals surface area contributed by atoms with E-state index in [9.17, 15) is 9.59 Å². The number of hydrogen-bond donors (Lipinski definition) is 2. The maximum Gasteiger partial charge on any atom is 0.258 e. The first-order valence-electron chi connectivity index (χ1n) is 5.36. The largest absolute Gasteiger partial charge is 0.338 e. The number of hydrogen-bond acceptors (Lipinski definition) is 2. The lowest BCUT2D eigenvalue weighted by atomic mass is 10.2. The molecule has 1 aromatic carbocycles. The maximum atomic E-state index is 11.6. The van der Waals surface area contributed by atoms with E-state index in [1.54, 1.807) is 16.8 Å². The Morgan fingerprint density at radius 1 is 1.28 bits per heavy atom. The third-order valence-corrected chi connectivity index (χ3v) is 2.66. The van der Waals surface area contributed by atoms with Crippen LogP contribution in [0.2, 0.25) is 5.02 Å². The summed E-state index contributed by atoms with van der Waals surface area (Å²) in [5.41, 5.74) is 5.47. The van der Waals surface area contributed by atoms with E-state index in [0.717, 1.165) is 10.9 Å². The van der Waals surface area contributed by atoms with Crippen molar-refractivity contribution < 1.29 is 9.59 Å². The van der Waals surface area contributed by atoms with Crippen molar-refractivity contribution in [3.05, 3.63) is 35.5 Å². The van der Waals surface area contributed by atoms with Gasteiger partial charge < -0.3 is 4.57 Å². The number of carbonyl (C=O) groups is 2. The first-order chi connectivity index (χ1) is 8.56. The number of nitrogens with zero attached hydrogens (tertiary/aromatic N) is 1. The van der Waals surface area contributed by atoms with Gasteiger partial charge in [0.1, 0.15) is 6.54 Å². The van der Waals surface area contributed by atoms with Gasteiger partial charge in [-0.1, -0.05) is 11.6 Å². The third-order valence-electron chi connectivity index (χ3n) is 2.42. The molecule has 5 nitrogen and oxygen atoms in total. The molecule has 2 amide bonds. The maximum absolute atomic E-state index is 11.6. The van der Waals surface area contributed by atoms with Crippen LogP contribution >= 0.6 is 11.6 Å². The molecule has 1 heterocycles. The van der Waals surface area contributed by atoms with E-state index in [1.165, 1.54) is 6.92 Å². The number of amides is 2. The molecule has 6 heteroatoms. The van der Waals surface area contributed by atoms with E-state index in [0.29, 0.717) is 5.02 Å². The predicted octanol–water partition coefficient (Wildman–Crippen LogP) is 1.46. The van der Waals surface area contributed by atoms with Crippen LogP contribution in [0.25, 0.3) is 10.9 Å². The van der Waals surface area contributed by atoms with Gasteiger partial charge >= 0.3 is 0 Å². The van der Waals surface area contributed by atoms with Crippen LogP contribution in [0.5, 0.6) is 0 Å². The summed E-state index contributed by atoms with van der Waals surface area (Å²) in [4.78, 5) is 22.2. The quantitative estimate of drug-likeness (QED) is 0.808. The zero-order chi connectivity index (χ0) is 13.1. The molecule has 18 heavy (non-hydrogen) atoms. The fraction of sp³-hybridized carbons (Fsp3) is 0.167. The standard InChI is InChI=1S/C12H12ClN3O2/c1-8(17)14-15-12(18)7-16-5-4-9-6-10(13)2-3-11(9)16/h2-6H,7H2,1H3,(H,14,17)(H,15,18). The summed E-state index contributed by atoms with van der Waals surface area (Å²) in [5, 5.41) is 1.62. The summed E-state index contributed by atoms with van der Waals surface area (Å²) in [6.07, 6.45) is 1.80. The van der Waals surface area contributed by atoms with Gasteiger partial charge in [0, 0.05) is 29.0 Å². The summed E-state index contributed by atoms with van der Waals surface area (Å²) in [7, 11) is 0. The summed E-state index contributed by atoms with van der Waals surface area (Å²) in [5.74, 6) is -0.606. The Bertz CT molecular complexity index is 606. The summed E-state index contributed by atoms with van der Waals surface area (Å²) in [6.45, 7) is 1.46. The van der Waals surface area contributed by atoms with Crippen LogP contribution in [0.3, 0.4) is 0 Å². The molecule has 0 saturated carbocycles. The number of benzene rings is 1. The number of halogens is 1. The van der Waals surface area contributed by atoms with Gasteiger partial charge in [0.15, 0.2) is 0 Å². The monoisotopic (exact) mass is 265 g/mol. The van der Waals surface area contributed by atoms with Crippen LogP contribution in [0, 0.1) is 0 Å². The highest BCUT2D eigenvalue weighted by molar-refractivity contribution is 6.31. The fourth-order valence-corrected chi connectivity index (χ4v) is 1.84. The Morgan fingerprint density at radius 2 is 2.06 bits per heavy atom. The van der Waals surface area contributed by atoms with Gasteiger partial charge in [-0.3, -0.25) is 20.4 Å². The smallest absolute Gasteiger partial charge is 0.258 e. The Hall–Kier alpha value is -2.01. The van der Waals surface area contributed by atoms with E-state index >= 15 is 0 Å². The number of fused-ring (bicyclic) bond motifs is 1. The van der Waals surface area contributed by atoms with E-state index in [-0.39, 0.29) is 18.4 Å². The summed E-state index contributed by atoms with van der Waals surface area (Å²) < 4.78 is 1.78. The minimum atomic E-state index is -0.313. The molecule has 94 valence electrons. The minimum absolute atomic E-state index is 0.130. The molecule has 0 aliphatic carbocycles. The van der Waals surface area contributed by atoms with Crippen LogP contribution in [0.15, 0.2) is 30.5 Å². The summed E-state index contributed by atoms with van der Waals surface area (Å²) in [6, 6.07) is 7.33. The number of rotatable bonds is 2. The Morgan fingerprint density at radius 3 is 2.78 bits per heavy atom. The normalized spacial score (nSPS) is 10.3. The van der Waals surface area contributed by atoms with Gasteiger partial charge in [0.2, 0.25) is 5.91 Å². The van der Waals surface area contributed by atoms with E-state index in [2.05, 4.69) is 10.9 Å². The van der Waals surface area contributed by atoms with Crippen LogP contribution in [0.4, 0.5) is 0 Å². The Labute approximate surface area is 109 Å². The molecule has 1 aromatic heterocycles. The van der Waals surface area contributed by atoms with Crippen molar-refractivity contribution in [2.24, 2.45) is 0 Å². The Balaban J connectivity index is 2.12. The number of carbonyl (C=O) groups excluding carboxylic acids is 2. The van der Waals surface area contributed by atoms with Crippen LogP contribution in [-0.2, 0) is 16.1 Å². The van der Waals surface area contributed by atoms with Gasteiger partial charge in [-0.05, 0) is 24.3 Å². The molecular formula is C12H12ClN3O2. The van der Waals surface area contributed by atoms with E-state index in [1.807, 2.05) is 18.2 Å². The molecule has 2 N–H and O–H groups in total. The van der Waals surface area contributed by atoms with Crippen molar-refractivity contribution in [1.82, 2.24) is 15.4 Å². The molecular weight excluding hydrogens is 254 g/mol. The molecule has 0 fully saturated rings. The summed E-state index contributed by atoms with van der Waals surface area (Å²) >= 11 is 5.88. The molecule has 0 bridgehead atoms. The van der Waals surface area contributed by atoms with Crippen LogP contribution < -0.4 is 10.9 Å². The molecule has 0 atom stereocenters. The second-order valence-corrected chi connectivity index (χ2v) is 4.31. The lowest BCUT2D eigenvalue weighted by Crippen LogP contribution is -2.41. The fourth-order valence-electron chi connectivity index (χ4n) is 1.66. The molecule has 0 saturated heterocycles. The lowest BCUT2D eigenvalue weighted by molar-refractivity contribution is -0.128.